The summed E-state index contributed by atoms with van der Waals surface area (Å²) in [6.45, 7) is 2.12. The lowest BCUT2D eigenvalue weighted by molar-refractivity contribution is -0.123. The minimum Gasteiger partial charge on any atom is -0.484 e. The number of amides is 1. The molecule has 4 nitrogen and oxygen atoms in total. The first-order valence-electron chi connectivity index (χ1n) is 5.47. The van der Waals surface area contributed by atoms with E-state index in [0.29, 0.717) is 5.75 Å². The van der Waals surface area contributed by atoms with Crippen LogP contribution in [0.4, 0.5) is 0 Å². The lowest BCUT2D eigenvalue weighted by atomic mass is 10.1. The molecule has 88 valence electrons. The number of hydrazine groups is 1. The zero-order valence-electron chi connectivity index (χ0n) is 9.53. The molecule has 0 unspecified atom stereocenters. The van der Waals surface area contributed by atoms with E-state index in [1.807, 2.05) is 29.7 Å². The smallest absolute Gasteiger partial charge is 0.271 e. The standard InChI is InChI=1S/C12H18N2O2/c1-2-3-4-10-5-7-11(8-6-10)16-9-12(15)14-13/h5-8H,2-4,9,13H2,1H3,(H,14,15). The third-order valence-corrected chi connectivity index (χ3v) is 2.27. The molecule has 0 saturated carbocycles. The highest BCUT2D eigenvalue weighted by Crippen LogP contribution is 2.13. The molecule has 4 heteroatoms. The van der Waals surface area contributed by atoms with Gasteiger partial charge in [0.05, 0.1) is 0 Å². The first-order valence-corrected chi connectivity index (χ1v) is 5.47. The highest BCUT2D eigenvalue weighted by atomic mass is 16.5. The molecule has 0 aliphatic rings. The molecule has 3 N–H and O–H groups in total. The summed E-state index contributed by atoms with van der Waals surface area (Å²) in [5.41, 5.74) is 3.30. The van der Waals surface area contributed by atoms with Gasteiger partial charge in [-0.05, 0) is 30.5 Å². The summed E-state index contributed by atoms with van der Waals surface area (Å²) in [7, 11) is 0. The van der Waals surface area contributed by atoms with Gasteiger partial charge < -0.3 is 4.74 Å². The number of carbonyl (C=O) groups excluding carboxylic acids is 1. The van der Waals surface area contributed by atoms with Gasteiger partial charge in [0, 0.05) is 0 Å². The molecule has 0 heterocycles. The predicted molar refractivity (Wildman–Crippen MR) is 62.9 cm³/mol. The average Bonchev–Trinajstić information content (AvgIpc) is 2.34. The Bertz CT molecular complexity index is 322. The Morgan fingerprint density at radius 2 is 2.06 bits per heavy atom. The van der Waals surface area contributed by atoms with Crippen LogP contribution in [0, 0.1) is 0 Å². The topological polar surface area (TPSA) is 64.3 Å². The van der Waals surface area contributed by atoms with Crippen molar-refractivity contribution in [3.8, 4) is 5.75 Å². The molecular weight excluding hydrogens is 204 g/mol. The fraction of sp³-hybridized carbons (Fsp3) is 0.417. The molecule has 1 amide bonds. The molecule has 0 radical (unpaired) electrons. The van der Waals surface area contributed by atoms with E-state index in [2.05, 4.69) is 6.92 Å². The number of nitrogens with one attached hydrogen (secondary N) is 1. The Morgan fingerprint density at radius 1 is 1.38 bits per heavy atom. The van der Waals surface area contributed by atoms with Crippen LogP contribution >= 0.6 is 0 Å². The molecule has 0 spiro atoms. The summed E-state index contributed by atoms with van der Waals surface area (Å²) < 4.78 is 5.23. The van der Waals surface area contributed by atoms with Crippen LogP contribution in [0.5, 0.6) is 5.75 Å². The van der Waals surface area contributed by atoms with E-state index in [1.165, 1.54) is 18.4 Å². The van der Waals surface area contributed by atoms with Crippen molar-refractivity contribution >= 4 is 5.91 Å². The molecule has 0 fully saturated rings. The van der Waals surface area contributed by atoms with Crippen molar-refractivity contribution in [1.29, 1.82) is 0 Å². The normalized spacial score (nSPS) is 9.88. The number of carbonyl (C=O) groups is 1. The van der Waals surface area contributed by atoms with Gasteiger partial charge in [0.15, 0.2) is 6.61 Å². The highest BCUT2D eigenvalue weighted by molar-refractivity contribution is 5.76. The molecule has 0 saturated heterocycles. The SMILES string of the molecule is CCCCc1ccc(OCC(=O)NN)cc1. The van der Waals surface area contributed by atoms with Gasteiger partial charge in [-0.25, -0.2) is 5.84 Å². The Balaban J connectivity index is 2.41. The second-order valence-electron chi connectivity index (χ2n) is 3.60. The van der Waals surface area contributed by atoms with Crippen LogP contribution in [0.1, 0.15) is 25.3 Å². The minimum atomic E-state index is -0.338. The van der Waals surface area contributed by atoms with Crippen LogP contribution in [0.25, 0.3) is 0 Å². The number of hydrogen-bond donors (Lipinski definition) is 2. The molecule has 0 aliphatic carbocycles. The summed E-state index contributed by atoms with van der Waals surface area (Å²) in [5, 5.41) is 0. The zero-order valence-corrected chi connectivity index (χ0v) is 9.53. The van der Waals surface area contributed by atoms with Crippen LogP contribution in [0.15, 0.2) is 24.3 Å². The zero-order chi connectivity index (χ0) is 11.8. The maximum atomic E-state index is 10.8. The van der Waals surface area contributed by atoms with Gasteiger partial charge in [0.1, 0.15) is 5.75 Å². The molecule has 0 atom stereocenters. The monoisotopic (exact) mass is 222 g/mol. The third-order valence-electron chi connectivity index (χ3n) is 2.27. The summed E-state index contributed by atoms with van der Waals surface area (Å²) in [6, 6.07) is 7.78. The van der Waals surface area contributed by atoms with Crippen molar-refractivity contribution in [2.75, 3.05) is 6.61 Å². The molecule has 0 aliphatic heterocycles. The number of benzene rings is 1. The maximum Gasteiger partial charge on any atom is 0.271 e. The fourth-order valence-electron chi connectivity index (χ4n) is 1.32. The summed E-state index contributed by atoms with van der Waals surface area (Å²) in [4.78, 5) is 10.8. The second-order valence-corrected chi connectivity index (χ2v) is 3.60. The average molecular weight is 222 g/mol. The van der Waals surface area contributed by atoms with Crippen molar-refractivity contribution in [2.45, 2.75) is 26.2 Å². The van der Waals surface area contributed by atoms with Gasteiger partial charge in [-0.1, -0.05) is 25.5 Å². The van der Waals surface area contributed by atoms with Crippen LogP contribution in [-0.2, 0) is 11.2 Å². The predicted octanol–water partition coefficient (Wildman–Crippen LogP) is 1.40. The van der Waals surface area contributed by atoms with Crippen molar-refractivity contribution in [3.05, 3.63) is 29.8 Å². The summed E-state index contributed by atoms with van der Waals surface area (Å²) in [5.74, 6) is 5.28. The number of ether oxygens (including phenoxy) is 1. The van der Waals surface area contributed by atoms with E-state index < -0.39 is 0 Å². The second kappa shape index (κ2) is 6.85. The van der Waals surface area contributed by atoms with Crippen LogP contribution < -0.4 is 16.0 Å². The van der Waals surface area contributed by atoms with E-state index in [1.54, 1.807) is 0 Å². The van der Waals surface area contributed by atoms with Gasteiger partial charge in [0.2, 0.25) is 0 Å². The lowest BCUT2D eigenvalue weighted by Crippen LogP contribution is -2.34. The van der Waals surface area contributed by atoms with Gasteiger partial charge >= 0.3 is 0 Å². The summed E-state index contributed by atoms with van der Waals surface area (Å²) >= 11 is 0. The van der Waals surface area contributed by atoms with Gasteiger partial charge in [-0.2, -0.15) is 0 Å². The molecule has 1 rings (SSSR count). The Labute approximate surface area is 95.8 Å². The van der Waals surface area contributed by atoms with Crippen LogP contribution in [-0.4, -0.2) is 12.5 Å². The van der Waals surface area contributed by atoms with Gasteiger partial charge in [-0.15, -0.1) is 0 Å². The largest absolute Gasteiger partial charge is 0.484 e. The Hall–Kier alpha value is -1.55. The number of hydrogen-bond acceptors (Lipinski definition) is 3. The van der Waals surface area contributed by atoms with Crippen molar-refractivity contribution < 1.29 is 9.53 Å². The minimum absolute atomic E-state index is 0.0508. The van der Waals surface area contributed by atoms with E-state index in [-0.39, 0.29) is 12.5 Å². The number of rotatable bonds is 6. The third kappa shape index (κ3) is 4.31. The first-order chi connectivity index (χ1) is 7.76. The van der Waals surface area contributed by atoms with E-state index in [4.69, 9.17) is 10.6 Å². The summed E-state index contributed by atoms with van der Waals surface area (Å²) in [6.07, 6.45) is 3.46. The van der Waals surface area contributed by atoms with Gasteiger partial charge in [-0.3, -0.25) is 10.2 Å². The number of nitrogens with two attached hydrogens (primary N) is 1. The van der Waals surface area contributed by atoms with E-state index in [9.17, 15) is 4.79 Å². The Morgan fingerprint density at radius 3 is 2.62 bits per heavy atom. The van der Waals surface area contributed by atoms with Crippen LogP contribution in [0.3, 0.4) is 0 Å². The molecular formula is C12H18N2O2. The number of aryl methyl sites for hydroxylation is 1. The fourth-order valence-corrected chi connectivity index (χ4v) is 1.32. The van der Waals surface area contributed by atoms with Crippen molar-refractivity contribution in [3.63, 3.8) is 0 Å². The molecule has 0 aromatic heterocycles. The van der Waals surface area contributed by atoms with Crippen molar-refractivity contribution in [1.82, 2.24) is 5.43 Å². The van der Waals surface area contributed by atoms with E-state index in [0.717, 1.165) is 6.42 Å². The van der Waals surface area contributed by atoms with Crippen LogP contribution in [0.2, 0.25) is 0 Å². The molecule has 1 aromatic carbocycles. The Kier molecular flexibility index (Phi) is 5.36. The quantitative estimate of drug-likeness (QED) is 0.434. The molecule has 16 heavy (non-hydrogen) atoms. The van der Waals surface area contributed by atoms with Crippen molar-refractivity contribution in [2.24, 2.45) is 5.84 Å². The lowest BCUT2D eigenvalue weighted by Gasteiger charge is -2.06. The highest BCUT2D eigenvalue weighted by Gasteiger charge is 2.00. The molecule has 0 bridgehead atoms. The maximum absolute atomic E-state index is 10.8. The first kappa shape index (κ1) is 12.5. The molecule has 1 aromatic rings. The van der Waals surface area contributed by atoms with Gasteiger partial charge in [0.25, 0.3) is 5.91 Å². The van der Waals surface area contributed by atoms with E-state index >= 15 is 0 Å². The number of unbranched alkanes of at least 4 members (excludes halogenated alkanes) is 1.